The highest BCUT2D eigenvalue weighted by molar-refractivity contribution is 6.87. The SMILES string of the molecule is CCCCCCCC[Si](CCCCCCCC)(CCCCCCCC)O[Si](CCCCCCCC)(CCCCCCCC)CCCCCCCC. The van der Waals surface area contributed by atoms with Crippen molar-refractivity contribution in [3.05, 3.63) is 0 Å². The summed E-state index contributed by atoms with van der Waals surface area (Å²) in [5.74, 6) is 0. The molecule has 308 valence electrons. The van der Waals surface area contributed by atoms with Crippen LogP contribution in [-0.2, 0) is 4.12 Å². The summed E-state index contributed by atoms with van der Waals surface area (Å²) < 4.78 is 8.47. The number of rotatable bonds is 44. The van der Waals surface area contributed by atoms with Gasteiger partial charge in [0.1, 0.15) is 0 Å². The van der Waals surface area contributed by atoms with Crippen LogP contribution in [0.3, 0.4) is 0 Å². The number of hydrogen-bond acceptors (Lipinski definition) is 1. The molecule has 0 aromatic heterocycles. The van der Waals surface area contributed by atoms with Gasteiger partial charge in [0.2, 0.25) is 0 Å². The molecule has 0 aromatic rings. The number of unbranched alkanes of at least 4 members (excludes halogenated alkanes) is 30. The molecule has 0 spiro atoms. The molecule has 0 heterocycles. The first-order chi connectivity index (χ1) is 25.1. The average molecular weight is 752 g/mol. The van der Waals surface area contributed by atoms with Gasteiger partial charge in [0.15, 0.2) is 16.6 Å². The molecule has 0 aliphatic heterocycles. The van der Waals surface area contributed by atoms with Gasteiger partial charge in [0.05, 0.1) is 0 Å². The zero-order chi connectivity index (χ0) is 37.4. The van der Waals surface area contributed by atoms with Crippen molar-refractivity contribution in [2.75, 3.05) is 0 Å². The van der Waals surface area contributed by atoms with Crippen molar-refractivity contribution >= 4 is 16.6 Å². The van der Waals surface area contributed by atoms with Crippen molar-refractivity contribution in [1.82, 2.24) is 0 Å². The van der Waals surface area contributed by atoms with E-state index in [2.05, 4.69) is 41.5 Å². The molecular formula is C48H102OSi2. The van der Waals surface area contributed by atoms with Gasteiger partial charge in [-0.1, -0.05) is 273 Å². The first-order valence-electron chi connectivity index (χ1n) is 24.8. The van der Waals surface area contributed by atoms with Crippen LogP contribution in [0.1, 0.15) is 273 Å². The van der Waals surface area contributed by atoms with E-state index < -0.39 is 16.6 Å². The van der Waals surface area contributed by atoms with E-state index in [1.165, 1.54) is 267 Å². The second kappa shape index (κ2) is 40.1. The van der Waals surface area contributed by atoms with E-state index in [4.69, 9.17) is 4.12 Å². The minimum atomic E-state index is -1.82. The summed E-state index contributed by atoms with van der Waals surface area (Å²) in [5.41, 5.74) is 0. The second-order valence-corrected chi connectivity index (χ2v) is 26.1. The van der Waals surface area contributed by atoms with Gasteiger partial charge in [-0.2, -0.15) is 0 Å². The molecule has 0 N–H and O–H groups in total. The van der Waals surface area contributed by atoms with Crippen LogP contribution in [0.2, 0.25) is 36.3 Å². The Balaban J connectivity index is 6.35. The van der Waals surface area contributed by atoms with Crippen LogP contribution in [0.5, 0.6) is 0 Å². The van der Waals surface area contributed by atoms with Crippen molar-refractivity contribution in [3.63, 3.8) is 0 Å². The fourth-order valence-electron chi connectivity index (χ4n) is 8.88. The lowest BCUT2D eigenvalue weighted by Crippen LogP contribution is -2.51. The molecule has 0 bridgehead atoms. The maximum Gasteiger partial charge on any atom is 0.179 e. The minimum absolute atomic E-state index is 1.36. The van der Waals surface area contributed by atoms with Crippen LogP contribution in [-0.4, -0.2) is 16.6 Å². The Hall–Kier alpha value is 0.394. The summed E-state index contributed by atoms with van der Waals surface area (Å²) in [6.45, 7) is 14.2. The van der Waals surface area contributed by atoms with Gasteiger partial charge >= 0.3 is 0 Å². The maximum absolute atomic E-state index is 8.47. The first kappa shape index (κ1) is 51.4. The Morgan fingerprint density at radius 1 is 0.196 bits per heavy atom. The Morgan fingerprint density at radius 3 is 0.490 bits per heavy atom. The van der Waals surface area contributed by atoms with Crippen LogP contribution in [0, 0.1) is 0 Å². The highest BCUT2D eigenvalue weighted by Crippen LogP contribution is 2.40. The fourth-order valence-corrected chi connectivity index (χ4v) is 21.9. The Bertz CT molecular complexity index is 516. The average Bonchev–Trinajstić information content (AvgIpc) is 3.13. The molecule has 0 aromatic carbocycles. The lowest BCUT2D eigenvalue weighted by atomic mass is 10.1. The third-order valence-electron chi connectivity index (χ3n) is 12.3. The predicted molar refractivity (Wildman–Crippen MR) is 242 cm³/mol. The third-order valence-corrected chi connectivity index (χ3v) is 23.4. The summed E-state index contributed by atoms with van der Waals surface area (Å²) in [5, 5.41) is 0. The summed E-state index contributed by atoms with van der Waals surface area (Å²) in [6.07, 6.45) is 51.8. The highest BCUT2D eigenvalue weighted by Gasteiger charge is 2.43. The van der Waals surface area contributed by atoms with E-state index in [9.17, 15) is 0 Å². The standard InChI is InChI=1S/C48H102OSi2/c1-7-13-19-25-31-37-43-50(44-38-32-26-20-14-8-2,45-39-33-27-21-15-9-3)49-51(46-40-34-28-22-16-10-4,47-41-35-29-23-17-11-5)48-42-36-30-24-18-12-6/h7-48H2,1-6H3. The molecule has 0 unspecified atom stereocenters. The first-order valence-corrected chi connectivity index (χ1v) is 29.8. The van der Waals surface area contributed by atoms with Crippen molar-refractivity contribution in [1.29, 1.82) is 0 Å². The third kappa shape index (κ3) is 32.4. The van der Waals surface area contributed by atoms with Gasteiger partial charge in [-0.05, 0) is 36.3 Å². The quantitative estimate of drug-likeness (QED) is 0.0445. The van der Waals surface area contributed by atoms with Gasteiger partial charge in [0, 0.05) is 0 Å². The molecule has 0 fully saturated rings. The predicted octanol–water partition coefficient (Wildman–Crippen LogP) is 19.1. The summed E-state index contributed by atoms with van der Waals surface area (Å²) in [7, 11) is -3.64. The molecule has 0 saturated heterocycles. The molecule has 0 amide bonds. The van der Waals surface area contributed by atoms with E-state index in [1.807, 2.05) is 0 Å². The van der Waals surface area contributed by atoms with E-state index >= 15 is 0 Å². The van der Waals surface area contributed by atoms with Crippen LogP contribution in [0.25, 0.3) is 0 Å². The van der Waals surface area contributed by atoms with E-state index in [0.717, 1.165) is 0 Å². The number of hydrogen-bond donors (Lipinski definition) is 0. The van der Waals surface area contributed by atoms with Crippen molar-refractivity contribution in [2.24, 2.45) is 0 Å². The molecule has 0 rings (SSSR count). The maximum atomic E-state index is 8.47. The van der Waals surface area contributed by atoms with E-state index in [1.54, 1.807) is 0 Å². The van der Waals surface area contributed by atoms with Crippen molar-refractivity contribution in [3.8, 4) is 0 Å². The van der Waals surface area contributed by atoms with Crippen LogP contribution >= 0.6 is 0 Å². The van der Waals surface area contributed by atoms with Gasteiger partial charge in [0.25, 0.3) is 0 Å². The molecule has 0 saturated carbocycles. The molecule has 0 aliphatic rings. The smallest absolute Gasteiger partial charge is 0.179 e. The Labute approximate surface area is 328 Å². The normalized spacial score (nSPS) is 12.4. The molecule has 51 heavy (non-hydrogen) atoms. The Kier molecular flexibility index (Phi) is 40.4. The molecule has 0 aliphatic carbocycles. The molecular weight excluding hydrogens is 649 g/mol. The molecule has 0 atom stereocenters. The lowest BCUT2D eigenvalue weighted by molar-refractivity contribution is 0.462. The Morgan fingerprint density at radius 2 is 0.333 bits per heavy atom. The summed E-state index contributed by atoms with van der Waals surface area (Å²) in [4.78, 5) is 0. The lowest BCUT2D eigenvalue weighted by Gasteiger charge is -2.44. The molecule has 1 nitrogen and oxygen atoms in total. The van der Waals surface area contributed by atoms with Gasteiger partial charge < -0.3 is 4.12 Å². The van der Waals surface area contributed by atoms with Crippen molar-refractivity contribution in [2.45, 2.75) is 309 Å². The van der Waals surface area contributed by atoms with Gasteiger partial charge in [-0.25, -0.2) is 0 Å². The fraction of sp³-hybridized carbons (Fsp3) is 1.00. The zero-order valence-corrected chi connectivity index (χ0v) is 39.1. The highest BCUT2D eigenvalue weighted by atomic mass is 28.4. The van der Waals surface area contributed by atoms with Crippen LogP contribution in [0.4, 0.5) is 0 Å². The van der Waals surface area contributed by atoms with E-state index in [-0.39, 0.29) is 0 Å². The minimum Gasteiger partial charge on any atom is -0.455 e. The molecule has 3 heteroatoms. The van der Waals surface area contributed by atoms with Gasteiger partial charge in [-0.15, -0.1) is 0 Å². The largest absolute Gasteiger partial charge is 0.455 e. The summed E-state index contributed by atoms with van der Waals surface area (Å²) >= 11 is 0. The topological polar surface area (TPSA) is 9.23 Å². The summed E-state index contributed by atoms with van der Waals surface area (Å²) in [6, 6.07) is 9.01. The van der Waals surface area contributed by atoms with Crippen LogP contribution in [0.15, 0.2) is 0 Å². The second-order valence-electron chi connectivity index (χ2n) is 17.6. The molecule has 0 radical (unpaired) electrons. The van der Waals surface area contributed by atoms with Crippen LogP contribution < -0.4 is 0 Å². The zero-order valence-electron chi connectivity index (χ0n) is 37.1. The monoisotopic (exact) mass is 751 g/mol. The van der Waals surface area contributed by atoms with Gasteiger partial charge in [-0.3, -0.25) is 0 Å². The van der Waals surface area contributed by atoms with E-state index in [0.29, 0.717) is 0 Å². The van der Waals surface area contributed by atoms with Crippen molar-refractivity contribution < 1.29 is 4.12 Å².